The number of anilines is 1. The second-order valence-electron chi connectivity index (χ2n) is 2.42. The highest BCUT2D eigenvalue weighted by molar-refractivity contribution is 5.62. The van der Waals surface area contributed by atoms with Gasteiger partial charge in [0.15, 0.2) is 5.75 Å². The van der Waals surface area contributed by atoms with Crippen molar-refractivity contribution in [2.45, 2.75) is 6.42 Å². The highest BCUT2D eigenvalue weighted by Gasteiger charge is 1.99. The van der Waals surface area contributed by atoms with Gasteiger partial charge in [-0.3, -0.25) is 0 Å². The lowest BCUT2D eigenvalue weighted by molar-refractivity contribution is -0.107. The van der Waals surface area contributed by atoms with Gasteiger partial charge in [0.1, 0.15) is 6.29 Å². The number of nitrogens with two attached hydrogens (primary N) is 1. The minimum Gasteiger partial charge on any atom is -0.505 e. The molecule has 3 N–H and O–H groups in total. The molecule has 1 aromatic rings. The fourth-order valence-corrected chi connectivity index (χ4v) is 0.850. The van der Waals surface area contributed by atoms with Crippen LogP contribution in [0.3, 0.4) is 0 Å². The highest BCUT2D eigenvalue weighted by Crippen LogP contribution is 2.23. The molecule has 0 fully saturated rings. The number of phenolic OH excluding ortho intramolecular Hbond substituents is 1. The summed E-state index contributed by atoms with van der Waals surface area (Å²) >= 11 is 0. The van der Waals surface area contributed by atoms with Crippen molar-refractivity contribution in [3.8, 4) is 17.6 Å². The van der Waals surface area contributed by atoms with Crippen LogP contribution in [0.1, 0.15) is 12.0 Å². The van der Waals surface area contributed by atoms with Crippen molar-refractivity contribution in [2.75, 3.05) is 5.73 Å². The van der Waals surface area contributed by atoms with Crippen molar-refractivity contribution in [2.24, 2.45) is 0 Å². The molecule has 0 radical (unpaired) electrons. The van der Waals surface area contributed by atoms with E-state index in [1.807, 2.05) is 0 Å². The summed E-state index contributed by atoms with van der Waals surface area (Å²) in [6.07, 6.45) is 0.866. The summed E-state index contributed by atoms with van der Waals surface area (Å²) in [4.78, 5) is 9.96. The van der Waals surface area contributed by atoms with E-state index in [0.717, 1.165) is 0 Å². The van der Waals surface area contributed by atoms with E-state index in [1.165, 1.54) is 0 Å². The van der Waals surface area contributed by atoms with Crippen LogP contribution in [0.5, 0.6) is 5.75 Å². The van der Waals surface area contributed by atoms with Gasteiger partial charge in [-0.25, -0.2) is 0 Å². The third-order valence-electron chi connectivity index (χ3n) is 1.48. The van der Waals surface area contributed by atoms with Gasteiger partial charge in [0.2, 0.25) is 0 Å². The molecule has 0 unspecified atom stereocenters. The standard InChI is InChI=1S/C10H9NO2/c11-9-6-3-5-8(10(9)13)4-1-2-7-12/h3,5-7,13H,2,11H2. The summed E-state index contributed by atoms with van der Waals surface area (Å²) in [6, 6.07) is 4.92. The number of nitrogen functional groups attached to an aromatic ring is 1. The van der Waals surface area contributed by atoms with Crippen LogP contribution in [0.4, 0.5) is 5.69 Å². The Morgan fingerprint density at radius 1 is 1.54 bits per heavy atom. The zero-order valence-corrected chi connectivity index (χ0v) is 6.95. The number of aromatic hydroxyl groups is 1. The van der Waals surface area contributed by atoms with Gasteiger partial charge in [-0.1, -0.05) is 17.9 Å². The number of carbonyl (C=O) groups is 1. The molecule has 1 rings (SSSR count). The topological polar surface area (TPSA) is 63.3 Å². The molecule has 0 bridgehead atoms. The number of rotatable bonds is 1. The quantitative estimate of drug-likeness (QED) is 0.288. The van der Waals surface area contributed by atoms with E-state index in [9.17, 15) is 9.90 Å². The van der Waals surface area contributed by atoms with Gasteiger partial charge in [0.05, 0.1) is 17.7 Å². The molecule has 3 nitrogen and oxygen atoms in total. The predicted molar refractivity (Wildman–Crippen MR) is 50.1 cm³/mol. The lowest BCUT2D eigenvalue weighted by Crippen LogP contribution is -1.87. The van der Waals surface area contributed by atoms with E-state index < -0.39 is 0 Å². The van der Waals surface area contributed by atoms with E-state index in [1.54, 1.807) is 18.2 Å². The van der Waals surface area contributed by atoms with Gasteiger partial charge in [0, 0.05) is 0 Å². The third kappa shape index (κ3) is 2.24. The summed E-state index contributed by atoms with van der Waals surface area (Å²) in [6.45, 7) is 0. The summed E-state index contributed by atoms with van der Waals surface area (Å²) in [5.41, 5.74) is 6.17. The average Bonchev–Trinajstić information content (AvgIpc) is 2.13. The van der Waals surface area contributed by atoms with E-state index in [-0.39, 0.29) is 17.9 Å². The molecule has 0 heterocycles. The Bertz CT molecular complexity index is 374. The highest BCUT2D eigenvalue weighted by atomic mass is 16.3. The van der Waals surface area contributed by atoms with Crippen molar-refractivity contribution in [3.63, 3.8) is 0 Å². The molecular weight excluding hydrogens is 166 g/mol. The monoisotopic (exact) mass is 175 g/mol. The van der Waals surface area contributed by atoms with Gasteiger partial charge in [-0.05, 0) is 12.1 Å². The van der Waals surface area contributed by atoms with Gasteiger partial charge in [-0.2, -0.15) is 0 Å². The summed E-state index contributed by atoms with van der Waals surface area (Å²) in [5, 5.41) is 9.38. The fraction of sp³-hybridized carbons (Fsp3) is 0.100. The number of carbonyl (C=O) groups excluding carboxylic acids is 1. The second-order valence-corrected chi connectivity index (χ2v) is 2.42. The zero-order valence-electron chi connectivity index (χ0n) is 6.95. The van der Waals surface area contributed by atoms with Gasteiger partial charge in [0.25, 0.3) is 0 Å². The van der Waals surface area contributed by atoms with Crippen molar-refractivity contribution in [1.29, 1.82) is 0 Å². The molecular formula is C10H9NO2. The molecule has 0 aliphatic heterocycles. The first kappa shape index (κ1) is 9.14. The molecule has 0 saturated carbocycles. The van der Waals surface area contributed by atoms with Crippen LogP contribution < -0.4 is 5.73 Å². The predicted octanol–water partition coefficient (Wildman–Crippen LogP) is 0.915. The largest absolute Gasteiger partial charge is 0.505 e. The summed E-state index contributed by atoms with van der Waals surface area (Å²) < 4.78 is 0. The Morgan fingerprint density at radius 3 is 3.00 bits per heavy atom. The first-order chi connectivity index (χ1) is 6.25. The molecule has 13 heavy (non-hydrogen) atoms. The number of hydrogen-bond donors (Lipinski definition) is 2. The van der Waals surface area contributed by atoms with E-state index >= 15 is 0 Å². The first-order valence-electron chi connectivity index (χ1n) is 3.75. The lowest BCUT2D eigenvalue weighted by Gasteiger charge is -1.98. The molecule has 0 saturated heterocycles. The van der Waals surface area contributed by atoms with Gasteiger partial charge in [-0.15, -0.1) is 0 Å². The van der Waals surface area contributed by atoms with Crippen molar-refractivity contribution in [1.82, 2.24) is 0 Å². The number of aldehydes is 1. The van der Waals surface area contributed by atoms with Crippen molar-refractivity contribution < 1.29 is 9.90 Å². The molecule has 66 valence electrons. The molecule has 0 spiro atoms. The van der Waals surface area contributed by atoms with Crippen LogP contribution in [-0.4, -0.2) is 11.4 Å². The lowest BCUT2D eigenvalue weighted by atomic mass is 10.2. The van der Waals surface area contributed by atoms with E-state index in [2.05, 4.69) is 11.8 Å². The van der Waals surface area contributed by atoms with Crippen LogP contribution >= 0.6 is 0 Å². The van der Waals surface area contributed by atoms with Gasteiger partial charge >= 0.3 is 0 Å². The first-order valence-corrected chi connectivity index (χ1v) is 3.75. The number of benzene rings is 1. The zero-order chi connectivity index (χ0) is 9.68. The maximum Gasteiger partial charge on any atom is 0.154 e. The molecule has 0 atom stereocenters. The molecule has 0 aliphatic carbocycles. The molecule has 0 aliphatic rings. The SMILES string of the molecule is Nc1cccc(C#CCC=O)c1O. The summed E-state index contributed by atoms with van der Waals surface area (Å²) in [5.74, 6) is 5.20. The average molecular weight is 175 g/mol. The Hall–Kier alpha value is -1.95. The Labute approximate surface area is 76.2 Å². The van der Waals surface area contributed by atoms with E-state index in [0.29, 0.717) is 11.8 Å². The smallest absolute Gasteiger partial charge is 0.154 e. The fourth-order valence-electron chi connectivity index (χ4n) is 0.850. The van der Waals surface area contributed by atoms with Crippen molar-refractivity contribution in [3.05, 3.63) is 23.8 Å². The van der Waals surface area contributed by atoms with Crippen molar-refractivity contribution >= 4 is 12.0 Å². The van der Waals surface area contributed by atoms with Gasteiger partial charge < -0.3 is 15.6 Å². The van der Waals surface area contributed by atoms with Crippen LogP contribution in [0.2, 0.25) is 0 Å². The number of phenols is 1. The number of para-hydroxylation sites is 1. The minimum atomic E-state index is -0.0269. The van der Waals surface area contributed by atoms with Crippen LogP contribution in [0.25, 0.3) is 0 Å². The Morgan fingerprint density at radius 2 is 2.31 bits per heavy atom. The Balaban J connectivity index is 2.97. The second kappa shape index (κ2) is 4.17. The number of hydrogen-bond acceptors (Lipinski definition) is 3. The Kier molecular flexibility index (Phi) is 2.93. The maximum atomic E-state index is 9.96. The third-order valence-corrected chi connectivity index (χ3v) is 1.48. The normalized spacial score (nSPS) is 8.62. The van der Waals surface area contributed by atoms with E-state index in [4.69, 9.17) is 5.73 Å². The molecule has 1 aromatic carbocycles. The molecule has 0 aromatic heterocycles. The van der Waals surface area contributed by atoms with Crippen LogP contribution in [0.15, 0.2) is 18.2 Å². The van der Waals surface area contributed by atoms with Crippen LogP contribution in [0, 0.1) is 11.8 Å². The maximum absolute atomic E-state index is 9.96. The minimum absolute atomic E-state index is 0.0269. The molecule has 3 heteroatoms. The molecule has 0 amide bonds. The van der Waals surface area contributed by atoms with Crippen LogP contribution in [-0.2, 0) is 4.79 Å². The summed E-state index contributed by atoms with van der Waals surface area (Å²) in [7, 11) is 0.